The van der Waals surface area contributed by atoms with Crippen LogP contribution in [-0.2, 0) is 0 Å². The molecule has 0 aromatic heterocycles. The van der Waals surface area contributed by atoms with Crippen molar-refractivity contribution in [2.24, 2.45) is 0 Å². The first kappa shape index (κ1) is 15.2. The monoisotopic (exact) mass is 266 g/mol. The molecule has 2 rings (SSSR count). The van der Waals surface area contributed by atoms with Gasteiger partial charge in [0.05, 0.1) is 0 Å². The van der Waals surface area contributed by atoms with E-state index < -0.39 is 0 Å². The molecule has 1 aromatic carbocycles. The Hall–Kier alpha value is -0.830. The summed E-state index contributed by atoms with van der Waals surface area (Å²) >= 11 is 0. The highest BCUT2D eigenvalue weighted by Crippen LogP contribution is 2.10. The molecule has 1 fully saturated rings. The van der Waals surface area contributed by atoms with E-state index in [4.69, 9.17) is 0 Å². The highest BCUT2D eigenvalue weighted by molar-refractivity contribution is 5.85. The van der Waals surface area contributed by atoms with Crippen molar-refractivity contribution >= 4 is 18.5 Å². The topological polar surface area (TPSA) is 15.3 Å². The normalized spacial score (nSPS) is 17.8. The van der Waals surface area contributed by atoms with Crippen LogP contribution in [0.5, 0.6) is 0 Å². The maximum Gasteiger partial charge on any atom is 0.0166 e. The van der Waals surface area contributed by atoms with Gasteiger partial charge in [-0.05, 0) is 38.5 Å². The number of halogens is 1. The summed E-state index contributed by atoms with van der Waals surface area (Å²) in [6.45, 7) is 3.50. The molecular weight excluding hydrogens is 244 g/mol. The van der Waals surface area contributed by atoms with E-state index in [0.717, 1.165) is 12.6 Å². The number of likely N-dealkylation sites (tertiary alicyclic amines) is 1. The van der Waals surface area contributed by atoms with Gasteiger partial charge < -0.3 is 5.32 Å². The van der Waals surface area contributed by atoms with Gasteiger partial charge in [0.25, 0.3) is 0 Å². The lowest BCUT2D eigenvalue weighted by Crippen LogP contribution is -2.41. The molecule has 0 saturated carbocycles. The third kappa shape index (κ3) is 4.81. The average molecular weight is 267 g/mol. The molecule has 18 heavy (non-hydrogen) atoms. The van der Waals surface area contributed by atoms with Gasteiger partial charge in [0.15, 0.2) is 0 Å². The number of hydrogen-bond acceptors (Lipinski definition) is 2. The predicted octanol–water partition coefficient (Wildman–Crippen LogP) is 2.81. The van der Waals surface area contributed by atoms with Gasteiger partial charge in [-0.1, -0.05) is 42.5 Å². The molecule has 1 aliphatic heterocycles. The number of nitrogens with one attached hydrogen (secondary N) is 1. The molecule has 3 heteroatoms. The lowest BCUT2D eigenvalue weighted by atomic mass is 10.1. The van der Waals surface area contributed by atoms with E-state index in [9.17, 15) is 0 Å². The van der Waals surface area contributed by atoms with Crippen LogP contribution in [0.3, 0.4) is 0 Å². The van der Waals surface area contributed by atoms with Crippen LogP contribution in [-0.4, -0.2) is 37.6 Å². The molecule has 0 atom stereocenters. The van der Waals surface area contributed by atoms with Gasteiger partial charge in [-0.15, -0.1) is 12.4 Å². The van der Waals surface area contributed by atoms with Gasteiger partial charge in [0.1, 0.15) is 0 Å². The zero-order valence-corrected chi connectivity index (χ0v) is 11.8. The zero-order valence-electron chi connectivity index (χ0n) is 11.0. The predicted molar refractivity (Wildman–Crippen MR) is 81.2 cm³/mol. The smallest absolute Gasteiger partial charge is 0.0166 e. The Morgan fingerprint density at radius 3 is 2.50 bits per heavy atom. The lowest BCUT2D eigenvalue weighted by molar-refractivity contribution is 0.220. The number of benzene rings is 1. The molecule has 0 amide bonds. The second-order valence-corrected chi connectivity index (χ2v) is 4.68. The summed E-state index contributed by atoms with van der Waals surface area (Å²) in [5.41, 5.74) is 1.29. The molecule has 1 heterocycles. The van der Waals surface area contributed by atoms with E-state index in [1.54, 1.807) is 0 Å². The molecule has 0 spiro atoms. The molecule has 1 saturated heterocycles. The maximum absolute atomic E-state index is 3.36. The van der Waals surface area contributed by atoms with Gasteiger partial charge in [-0.25, -0.2) is 0 Å². The Morgan fingerprint density at radius 2 is 1.89 bits per heavy atom. The summed E-state index contributed by atoms with van der Waals surface area (Å²) in [7, 11) is 2.07. The van der Waals surface area contributed by atoms with Crippen molar-refractivity contribution in [2.75, 3.05) is 26.7 Å². The van der Waals surface area contributed by atoms with Crippen LogP contribution < -0.4 is 5.32 Å². The first-order valence-electron chi connectivity index (χ1n) is 6.49. The highest BCUT2D eigenvalue weighted by atomic mass is 35.5. The van der Waals surface area contributed by atoms with Crippen molar-refractivity contribution in [2.45, 2.75) is 18.9 Å². The van der Waals surface area contributed by atoms with Crippen LogP contribution in [0, 0.1) is 0 Å². The second-order valence-electron chi connectivity index (χ2n) is 4.68. The van der Waals surface area contributed by atoms with Crippen molar-refractivity contribution in [1.82, 2.24) is 10.2 Å². The summed E-state index contributed by atoms with van der Waals surface area (Å²) in [5, 5.41) is 3.36. The Kier molecular flexibility index (Phi) is 7.02. The molecule has 0 aliphatic carbocycles. The fraction of sp³-hybridized carbons (Fsp3) is 0.467. The van der Waals surface area contributed by atoms with Crippen molar-refractivity contribution in [3.63, 3.8) is 0 Å². The van der Waals surface area contributed by atoms with Crippen LogP contribution in [0.25, 0.3) is 6.08 Å². The van der Waals surface area contributed by atoms with Gasteiger partial charge in [-0.3, -0.25) is 4.90 Å². The molecule has 1 aliphatic rings. The number of piperidine rings is 1. The van der Waals surface area contributed by atoms with E-state index in [1.807, 2.05) is 0 Å². The first-order chi connectivity index (χ1) is 8.38. The van der Waals surface area contributed by atoms with Gasteiger partial charge in [-0.2, -0.15) is 0 Å². The Bertz CT molecular complexity index is 343. The van der Waals surface area contributed by atoms with Gasteiger partial charge in [0, 0.05) is 12.6 Å². The van der Waals surface area contributed by atoms with E-state index in [-0.39, 0.29) is 12.4 Å². The van der Waals surface area contributed by atoms with E-state index in [1.165, 1.54) is 31.5 Å². The second kappa shape index (κ2) is 8.30. The summed E-state index contributed by atoms with van der Waals surface area (Å²) < 4.78 is 0. The molecule has 0 unspecified atom stereocenters. The van der Waals surface area contributed by atoms with Crippen LogP contribution >= 0.6 is 12.4 Å². The Balaban J connectivity index is 0.00000162. The Labute approximate surface area is 116 Å². The first-order valence-corrected chi connectivity index (χ1v) is 6.49. The molecule has 100 valence electrons. The average Bonchev–Trinajstić information content (AvgIpc) is 2.41. The van der Waals surface area contributed by atoms with E-state index in [0.29, 0.717) is 0 Å². The van der Waals surface area contributed by atoms with Gasteiger partial charge in [0.2, 0.25) is 0 Å². The summed E-state index contributed by atoms with van der Waals surface area (Å²) in [4.78, 5) is 2.52. The van der Waals surface area contributed by atoms with E-state index >= 15 is 0 Å². The molecule has 0 radical (unpaired) electrons. The maximum atomic E-state index is 3.36. The number of rotatable bonds is 4. The lowest BCUT2D eigenvalue weighted by Gasteiger charge is -2.30. The quantitative estimate of drug-likeness (QED) is 0.902. The largest absolute Gasteiger partial charge is 0.317 e. The standard InChI is InChI=1S/C15H22N2.ClH/c1-16-15-9-12-17(13-10-15)11-5-8-14-6-3-2-4-7-14;/h2-8,15-16H,9-13H2,1H3;1H/b8-5+;. The van der Waals surface area contributed by atoms with E-state index in [2.05, 4.69) is 59.7 Å². The molecule has 0 bridgehead atoms. The highest BCUT2D eigenvalue weighted by Gasteiger charge is 2.15. The van der Waals surface area contributed by atoms with Crippen LogP contribution in [0.15, 0.2) is 36.4 Å². The third-order valence-corrected chi connectivity index (χ3v) is 3.47. The zero-order chi connectivity index (χ0) is 11.9. The number of nitrogens with zero attached hydrogens (tertiary/aromatic N) is 1. The van der Waals surface area contributed by atoms with Crippen LogP contribution in [0.4, 0.5) is 0 Å². The van der Waals surface area contributed by atoms with Crippen molar-refractivity contribution in [3.05, 3.63) is 42.0 Å². The van der Waals surface area contributed by atoms with Crippen molar-refractivity contribution < 1.29 is 0 Å². The van der Waals surface area contributed by atoms with Crippen molar-refractivity contribution in [1.29, 1.82) is 0 Å². The van der Waals surface area contributed by atoms with Crippen molar-refractivity contribution in [3.8, 4) is 0 Å². The minimum Gasteiger partial charge on any atom is -0.317 e. The third-order valence-electron chi connectivity index (χ3n) is 3.47. The molecule has 1 N–H and O–H groups in total. The minimum atomic E-state index is 0. The Morgan fingerprint density at radius 1 is 1.22 bits per heavy atom. The van der Waals surface area contributed by atoms with Crippen LogP contribution in [0.1, 0.15) is 18.4 Å². The molecular formula is C15H23ClN2. The summed E-state index contributed by atoms with van der Waals surface area (Å²) in [5.74, 6) is 0. The van der Waals surface area contributed by atoms with Crippen LogP contribution in [0.2, 0.25) is 0 Å². The summed E-state index contributed by atoms with van der Waals surface area (Å²) in [6, 6.07) is 11.2. The molecule has 2 nitrogen and oxygen atoms in total. The fourth-order valence-corrected chi connectivity index (χ4v) is 2.31. The van der Waals surface area contributed by atoms with Gasteiger partial charge >= 0.3 is 0 Å². The number of hydrogen-bond donors (Lipinski definition) is 1. The minimum absolute atomic E-state index is 0. The SMILES string of the molecule is CNC1CCN(C/C=C/c2ccccc2)CC1.Cl. The molecule has 1 aromatic rings. The summed E-state index contributed by atoms with van der Waals surface area (Å²) in [6.07, 6.45) is 7.03. The fourth-order valence-electron chi connectivity index (χ4n) is 2.31.